The Kier molecular flexibility index (Phi) is 4.20. The van der Waals surface area contributed by atoms with Gasteiger partial charge in [-0.3, -0.25) is 0 Å². The second-order valence-corrected chi connectivity index (χ2v) is 5.33. The van der Waals surface area contributed by atoms with Crippen LogP contribution in [0.1, 0.15) is 22.3 Å². The van der Waals surface area contributed by atoms with Gasteiger partial charge in [0.05, 0.1) is 0 Å². The molecule has 0 atom stereocenters. The van der Waals surface area contributed by atoms with Crippen molar-refractivity contribution in [2.75, 3.05) is 0 Å². The van der Waals surface area contributed by atoms with Crippen molar-refractivity contribution < 1.29 is 0 Å². The maximum Gasteiger partial charge on any atom is 0.0253 e. The summed E-state index contributed by atoms with van der Waals surface area (Å²) in [6.45, 7) is 4.16. The maximum atomic E-state index is 4.61. The zero-order chi connectivity index (χ0) is 13.1. The van der Waals surface area contributed by atoms with Crippen LogP contribution in [0.25, 0.3) is 9.81 Å². The van der Waals surface area contributed by atoms with Crippen molar-refractivity contribution in [1.29, 1.82) is 0 Å². The van der Waals surface area contributed by atoms with Crippen LogP contribution in [-0.2, 0) is 0 Å². The van der Waals surface area contributed by atoms with E-state index >= 15 is 0 Å². The molecule has 2 rings (SSSR count). The lowest BCUT2D eigenvalue weighted by molar-refractivity contribution is 1.45. The van der Waals surface area contributed by atoms with Gasteiger partial charge in [0, 0.05) is 9.81 Å². The Balaban J connectivity index is 2.47. The first kappa shape index (κ1) is 13.3. The molecule has 18 heavy (non-hydrogen) atoms. The molecule has 0 aromatic heterocycles. The van der Waals surface area contributed by atoms with Crippen LogP contribution in [-0.4, -0.2) is 0 Å². The topological polar surface area (TPSA) is 0 Å². The van der Waals surface area contributed by atoms with E-state index in [1.807, 2.05) is 12.1 Å². The quantitative estimate of drug-likeness (QED) is 0.558. The van der Waals surface area contributed by atoms with Crippen LogP contribution in [0, 0.1) is 13.8 Å². The van der Waals surface area contributed by atoms with E-state index in [0.717, 1.165) is 20.9 Å². The van der Waals surface area contributed by atoms with Gasteiger partial charge in [-0.2, -0.15) is 0 Å². The summed E-state index contributed by atoms with van der Waals surface area (Å²) in [5, 5.41) is 0. The lowest BCUT2D eigenvalue weighted by Gasteiger charge is -2.08. The highest BCUT2D eigenvalue weighted by molar-refractivity contribution is 7.96. The molecule has 0 amide bonds. The average Bonchev–Trinajstić information content (AvgIpc) is 2.37. The Morgan fingerprint density at radius 3 is 1.44 bits per heavy atom. The first-order chi connectivity index (χ1) is 8.58. The molecule has 92 valence electrons. The molecule has 0 radical (unpaired) electrons. The summed E-state index contributed by atoms with van der Waals surface area (Å²) in [6, 6.07) is 16.6. The van der Waals surface area contributed by atoms with E-state index in [1.54, 1.807) is 0 Å². The van der Waals surface area contributed by atoms with Crippen LogP contribution in [0.4, 0.5) is 0 Å². The van der Waals surface area contributed by atoms with Crippen molar-refractivity contribution in [3.05, 3.63) is 70.8 Å². The fourth-order valence-electron chi connectivity index (χ4n) is 1.86. The Hall–Kier alpha value is -1.12. The van der Waals surface area contributed by atoms with Crippen molar-refractivity contribution in [3.63, 3.8) is 0 Å². The first-order valence-electron chi connectivity index (χ1n) is 5.84. The molecule has 0 nitrogen and oxygen atoms in total. The van der Waals surface area contributed by atoms with Gasteiger partial charge in [0.25, 0.3) is 0 Å². The highest BCUT2D eigenvalue weighted by atomic mass is 32.1. The lowest BCUT2D eigenvalue weighted by atomic mass is 10.1. The van der Waals surface area contributed by atoms with Gasteiger partial charge in [-0.05, 0) is 25.0 Å². The SMILES string of the molecule is Cc1cccc(/C(S)=C(/S)c2cccc(C)c2)c1. The van der Waals surface area contributed by atoms with E-state index < -0.39 is 0 Å². The molecule has 0 aliphatic carbocycles. The minimum Gasteiger partial charge on any atom is -0.142 e. The standard InChI is InChI=1S/C16H16S2/c1-11-5-3-7-13(9-11)15(17)16(18)14-8-4-6-12(2)10-14/h3-10,17-18H,1-2H3/b16-15-. The van der Waals surface area contributed by atoms with E-state index in [2.05, 4.69) is 75.5 Å². The summed E-state index contributed by atoms with van der Waals surface area (Å²) in [5.74, 6) is 0. The van der Waals surface area contributed by atoms with Crippen molar-refractivity contribution in [1.82, 2.24) is 0 Å². The average molecular weight is 272 g/mol. The molecular weight excluding hydrogens is 256 g/mol. The fraction of sp³-hybridized carbons (Fsp3) is 0.125. The van der Waals surface area contributed by atoms with Gasteiger partial charge in [-0.1, -0.05) is 59.7 Å². The summed E-state index contributed by atoms with van der Waals surface area (Å²) in [7, 11) is 0. The third kappa shape index (κ3) is 3.01. The van der Waals surface area contributed by atoms with E-state index in [9.17, 15) is 0 Å². The summed E-state index contributed by atoms with van der Waals surface area (Å²) in [5.41, 5.74) is 4.66. The molecular formula is C16H16S2. The van der Waals surface area contributed by atoms with Crippen LogP contribution in [0.3, 0.4) is 0 Å². The minimum atomic E-state index is 0.910. The second kappa shape index (κ2) is 5.68. The smallest absolute Gasteiger partial charge is 0.0253 e. The largest absolute Gasteiger partial charge is 0.142 e. The number of rotatable bonds is 2. The predicted octanol–water partition coefficient (Wildman–Crippen LogP) is 4.99. The highest BCUT2D eigenvalue weighted by Crippen LogP contribution is 2.32. The molecule has 0 spiro atoms. The molecule has 0 bridgehead atoms. The Morgan fingerprint density at radius 2 is 1.11 bits per heavy atom. The normalized spacial score (nSPS) is 12.2. The third-order valence-electron chi connectivity index (χ3n) is 2.81. The number of hydrogen-bond acceptors (Lipinski definition) is 2. The van der Waals surface area contributed by atoms with Gasteiger partial charge in [-0.25, -0.2) is 0 Å². The van der Waals surface area contributed by atoms with Gasteiger partial charge >= 0.3 is 0 Å². The summed E-state index contributed by atoms with van der Waals surface area (Å²) < 4.78 is 0. The minimum absolute atomic E-state index is 0.910. The highest BCUT2D eigenvalue weighted by Gasteiger charge is 2.05. The van der Waals surface area contributed by atoms with Crippen LogP contribution >= 0.6 is 25.3 Å². The maximum absolute atomic E-state index is 4.61. The molecule has 0 saturated heterocycles. The predicted molar refractivity (Wildman–Crippen MR) is 87.1 cm³/mol. The van der Waals surface area contributed by atoms with Gasteiger partial charge < -0.3 is 0 Å². The van der Waals surface area contributed by atoms with Crippen LogP contribution in [0.15, 0.2) is 48.5 Å². The molecule has 0 unspecified atom stereocenters. The molecule has 0 heterocycles. The summed E-state index contributed by atoms with van der Waals surface area (Å²) in [4.78, 5) is 1.82. The van der Waals surface area contributed by atoms with Crippen LogP contribution in [0.5, 0.6) is 0 Å². The van der Waals surface area contributed by atoms with Gasteiger partial charge in [0.2, 0.25) is 0 Å². The Bertz CT molecular complexity index is 544. The molecule has 2 heteroatoms. The molecule has 0 aliphatic heterocycles. The van der Waals surface area contributed by atoms with E-state index in [1.165, 1.54) is 11.1 Å². The molecule has 0 aliphatic rings. The van der Waals surface area contributed by atoms with Crippen LogP contribution < -0.4 is 0 Å². The first-order valence-corrected chi connectivity index (χ1v) is 6.73. The van der Waals surface area contributed by atoms with Crippen molar-refractivity contribution in [3.8, 4) is 0 Å². The molecule has 0 N–H and O–H groups in total. The van der Waals surface area contributed by atoms with E-state index in [4.69, 9.17) is 0 Å². The molecule has 2 aromatic carbocycles. The number of thiol groups is 2. The molecule has 0 saturated carbocycles. The van der Waals surface area contributed by atoms with Crippen molar-refractivity contribution in [2.45, 2.75) is 13.8 Å². The molecule has 0 fully saturated rings. The zero-order valence-corrected chi connectivity index (χ0v) is 12.3. The number of benzene rings is 2. The summed E-state index contributed by atoms with van der Waals surface area (Å²) >= 11 is 9.22. The molecule has 2 aromatic rings. The van der Waals surface area contributed by atoms with Crippen LogP contribution in [0.2, 0.25) is 0 Å². The van der Waals surface area contributed by atoms with Crippen molar-refractivity contribution in [2.24, 2.45) is 0 Å². The van der Waals surface area contributed by atoms with Gasteiger partial charge in [-0.15, -0.1) is 25.3 Å². The lowest BCUT2D eigenvalue weighted by Crippen LogP contribution is -1.85. The Morgan fingerprint density at radius 1 is 0.722 bits per heavy atom. The van der Waals surface area contributed by atoms with Gasteiger partial charge in [0.1, 0.15) is 0 Å². The van der Waals surface area contributed by atoms with E-state index in [0.29, 0.717) is 0 Å². The number of hydrogen-bond donors (Lipinski definition) is 2. The zero-order valence-electron chi connectivity index (χ0n) is 10.5. The Labute approximate surface area is 120 Å². The fourth-order valence-corrected chi connectivity index (χ4v) is 2.39. The van der Waals surface area contributed by atoms with Crippen molar-refractivity contribution >= 4 is 35.1 Å². The monoisotopic (exact) mass is 272 g/mol. The second-order valence-electron chi connectivity index (χ2n) is 4.44. The third-order valence-corrected chi connectivity index (χ3v) is 3.95. The summed E-state index contributed by atoms with van der Waals surface area (Å²) in [6.07, 6.45) is 0. The number of aryl methyl sites for hydroxylation is 2. The van der Waals surface area contributed by atoms with Gasteiger partial charge in [0.15, 0.2) is 0 Å². The van der Waals surface area contributed by atoms with E-state index in [-0.39, 0.29) is 0 Å².